The number of carbonyl (C=O) groups is 1. The van der Waals surface area contributed by atoms with E-state index in [1.54, 1.807) is 6.92 Å². The standard InChI is InChI=1S/C28H53N3O/c1-4-6-7-8-9-10-11-12-13-14-15-16-17-18-19-20-21-22-28-30-24-26-31(28,5-2)25-23-29-27(3)32/h12-13H,4-11,14-26H2,1-3H3/p+1/b13-12+. The minimum atomic E-state index is 0.0705. The largest absolute Gasteiger partial charge is 0.351 e. The maximum absolute atomic E-state index is 11.2. The fourth-order valence-electron chi connectivity index (χ4n) is 4.86. The van der Waals surface area contributed by atoms with Crippen molar-refractivity contribution in [2.45, 2.75) is 124 Å². The Morgan fingerprint density at radius 2 is 1.44 bits per heavy atom. The molecule has 1 amide bonds. The smallest absolute Gasteiger partial charge is 0.217 e. The van der Waals surface area contributed by atoms with Gasteiger partial charge < -0.3 is 5.32 Å². The Morgan fingerprint density at radius 3 is 2.00 bits per heavy atom. The number of nitrogens with zero attached hydrogens (tertiary/aromatic N) is 2. The van der Waals surface area contributed by atoms with Crippen LogP contribution >= 0.6 is 0 Å². The zero-order valence-corrected chi connectivity index (χ0v) is 21.8. The van der Waals surface area contributed by atoms with Crippen molar-refractivity contribution in [1.82, 2.24) is 5.32 Å². The van der Waals surface area contributed by atoms with Crippen molar-refractivity contribution >= 4 is 11.7 Å². The topological polar surface area (TPSA) is 41.5 Å². The molecule has 0 bridgehead atoms. The first-order valence-corrected chi connectivity index (χ1v) is 13.9. The highest BCUT2D eigenvalue weighted by Gasteiger charge is 2.35. The lowest BCUT2D eigenvalue weighted by Crippen LogP contribution is -2.54. The van der Waals surface area contributed by atoms with Gasteiger partial charge in [0.15, 0.2) is 5.84 Å². The molecule has 4 nitrogen and oxygen atoms in total. The number of allylic oxidation sites excluding steroid dienone is 2. The molecule has 4 heteroatoms. The van der Waals surface area contributed by atoms with Gasteiger partial charge in [-0.1, -0.05) is 83.3 Å². The summed E-state index contributed by atoms with van der Waals surface area (Å²) in [4.78, 5) is 16.0. The first-order valence-electron chi connectivity index (χ1n) is 13.9. The van der Waals surface area contributed by atoms with Crippen molar-refractivity contribution in [2.24, 2.45) is 4.99 Å². The zero-order chi connectivity index (χ0) is 23.3. The lowest BCUT2D eigenvalue weighted by Gasteiger charge is -2.33. The molecule has 0 spiro atoms. The Labute approximate surface area is 199 Å². The molecule has 1 atom stereocenters. The summed E-state index contributed by atoms with van der Waals surface area (Å²) in [5.74, 6) is 1.45. The van der Waals surface area contributed by atoms with Crippen LogP contribution in [0.2, 0.25) is 0 Å². The van der Waals surface area contributed by atoms with E-state index in [0.717, 1.165) is 43.6 Å². The molecule has 32 heavy (non-hydrogen) atoms. The number of amides is 1. The number of amidine groups is 1. The molecule has 0 aromatic carbocycles. The summed E-state index contributed by atoms with van der Waals surface area (Å²) in [5, 5.41) is 2.96. The third-order valence-electron chi connectivity index (χ3n) is 7.05. The van der Waals surface area contributed by atoms with Gasteiger partial charge >= 0.3 is 0 Å². The molecule has 1 aliphatic rings. The number of hydrogen-bond donors (Lipinski definition) is 1. The van der Waals surface area contributed by atoms with Crippen LogP contribution < -0.4 is 5.32 Å². The number of carbonyl (C=O) groups excluding carboxylic acids is 1. The van der Waals surface area contributed by atoms with Crippen LogP contribution in [0.1, 0.15) is 124 Å². The van der Waals surface area contributed by atoms with Gasteiger partial charge in [0.25, 0.3) is 0 Å². The minimum Gasteiger partial charge on any atom is -0.351 e. The van der Waals surface area contributed by atoms with Gasteiger partial charge in [-0.05, 0) is 39.0 Å². The van der Waals surface area contributed by atoms with Crippen LogP contribution in [0.3, 0.4) is 0 Å². The minimum absolute atomic E-state index is 0.0705. The summed E-state index contributed by atoms with van der Waals surface area (Å²) in [7, 11) is 0. The van der Waals surface area contributed by atoms with Gasteiger partial charge in [0.1, 0.15) is 13.1 Å². The van der Waals surface area contributed by atoms with E-state index in [2.05, 4.69) is 31.3 Å². The van der Waals surface area contributed by atoms with E-state index in [4.69, 9.17) is 4.99 Å². The maximum Gasteiger partial charge on any atom is 0.217 e. The van der Waals surface area contributed by atoms with Gasteiger partial charge in [-0.25, -0.2) is 4.99 Å². The van der Waals surface area contributed by atoms with Gasteiger partial charge in [-0.3, -0.25) is 9.28 Å². The molecule has 0 aliphatic carbocycles. The van der Waals surface area contributed by atoms with Crippen molar-refractivity contribution in [3.05, 3.63) is 12.2 Å². The number of aliphatic imine (C=N–C) groups is 1. The molecular weight excluding hydrogens is 394 g/mol. The third kappa shape index (κ3) is 13.4. The third-order valence-corrected chi connectivity index (χ3v) is 7.05. The highest BCUT2D eigenvalue weighted by atomic mass is 16.1. The second-order valence-corrected chi connectivity index (χ2v) is 9.73. The van der Waals surface area contributed by atoms with Crippen LogP contribution in [0.5, 0.6) is 0 Å². The second kappa shape index (κ2) is 19.3. The maximum atomic E-state index is 11.2. The van der Waals surface area contributed by atoms with Crippen LogP contribution in [0.4, 0.5) is 0 Å². The lowest BCUT2D eigenvalue weighted by atomic mass is 10.1. The van der Waals surface area contributed by atoms with Gasteiger partial charge in [0, 0.05) is 13.3 Å². The molecule has 0 radical (unpaired) electrons. The van der Waals surface area contributed by atoms with Gasteiger partial charge in [-0.15, -0.1) is 0 Å². The summed E-state index contributed by atoms with van der Waals surface area (Å²) in [6.07, 6.45) is 26.4. The Bertz CT molecular complexity index is 529. The quantitative estimate of drug-likeness (QED) is 0.113. The molecule has 0 fully saturated rings. The molecule has 1 aliphatic heterocycles. The van der Waals surface area contributed by atoms with Crippen LogP contribution in [0.25, 0.3) is 0 Å². The molecule has 1 rings (SSSR count). The molecule has 1 unspecified atom stereocenters. The molecule has 0 saturated carbocycles. The number of rotatable bonds is 21. The SMILES string of the molecule is CCCCCCCC/C=C/CCCCCCCCCC1=NCC[N+]1(CC)CCNC(C)=O. The normalized spacial score (nSPS) is 18.4. The summed E-state index contributed by atoms with van der Waals surface area (Å²) >= 11 is 0. The predicted octanol–water partition coefficient (Wildman–Crippen LogP) is 7.19. The first-order chi connectivity index (χ1) is 15.6. The van der Waals surface area contributed by atoms with E-state index >= 15 is 0 Å². The summed E-state index contributed by atoms with van der Waals surface area (Å²) in [6.45, 7) is 11.0. The Kier molecular flexibility index (Phi) is 17.4. The van der Waals surface area contributed by atoms with E-state index in [-0.39, 0.29) is 5.91 Å². The van der Waals surface area contributed by atoms with Crippen LogP contribution in [0, 0.1) is 0 Å². The molecule has 1 heterocycles. The summed E-state index contributed by atoms with van der Waals surface area (Å²) in [6, 6.07) is 0. The average Bonchev–Trinajstić information content (AvgIpc) is 3.18. The fourth-order valence-corrected chi connectivity index (χ4v) is 4.86. The van der Waals surface area contributed by atoms with Crippen LogP contribution in [-0.4, -0.2) is 48.9 Å². The van der Waals surface area contributed by atoms with E-state index in [0.29, 0.717) is 0 Å². The summed E-state index contributed by atoms with van der Waals surface area (Å²) < 4.78 is 0.993. The Balaban J connectivity index is 1.97. The van der Waals surface area contributed by atoms with E-state index in [1.807, 2.05) is 0 Å². The Morgan fingerprint density at radius 1 is 0.875 bits per heavy atom. The molecule has 0 aromatic rings. The lowest BCUT2D eigenvalue weighted by molar-refractivity contribution is -0.833. The van der Waals surface area contributed by atoms with Gasteiger partial charge in [0.2, 0.25) is 5.91 Å². The molecule has 1 N–H and O–H groups in total. The van der Waals surface area contributed by atoms with Crippen LogP contribution in [0.15, 0.2) is 17.1 Å². The van der Waals surface area contributed by atoms with Gasteiger partial charge in [0.05, 0.1) is 19.6 Å². The highest BCUT2D eigenvalue weighted by Crippen LogP contribution is 2.20. The highest BCUT2D eigenvalue weighted by molar-refractivity contribution is 5.77. The van der Waals surface area contributed by atoms with Crippen molar-refractivity contribution in [3.8, 4) is 0 Å². The molecular formula is C28H54N3O+. The van der Waals surface area contributed by atoms with E-state index in [1.165, 1.54) is 102 Å². The number of nitrogens with one attached hydrogen (secondary N) is 1. The van der Waals surface area contributed by atoms with Crippen molar-refractivity contribution in [3.63, 3.8) is 0 Å². The first kappa shape index (κ1) is 28.9. The number of unbranched alkanes of at least 4 members (excludes halogenated alkanes) is 13. The number of likely N-dealkylation sites (N-methyl/N-ethyl adjacent to an activating group) is 1. The van der Waals surface area contributed by atoms with E-state index in [9.17, 15) is 4.79 Å². The van der Waals surface area contributed by atoms with Crippen molar-refractivity contribution < 1.29 is 9.28 Å². The molecule has 186 valence electrons. The Hall–Kier alpha value is -1.16. The zero-order valence-electron chi connectivity index (χ0n) is 21.8. The van der Waals surface area contributed by atoms with E-state index < -0.39 is 0 Å². The average molecular weight is 449 g/mol. The van der Waals surface area contributed by atoms with Crippen molar-refractivity contribution in [1.29, 1.82) is 0 Å². The fraction of sp³-hybridized carbons (Fsp3) is 0.857. The second-order valence-electron chi connectivity index (χ2n) is 9.73. The number of hydrogen-bond acceptors (Lipinski definition) is 2. The van der Waals surface area contributed by atoms with Gasteiger partial charge in [-0.2, -0.15) is 0 Å². The molecule has 0 aromatic heterocycles. The monoisotopic (exact) mass is 448 g/mol. The van der Waals surface area contributed by atoms with Crippen LogP contribution in [-0.2, 0) is 4.79 Å². The molecule has 0 saturated heterocycles. The summed E-state index contributed by atoms with van der Waals surface area (Å²) in [5.41, 5.74) is 0. The number of quaternary nitrogens is 1. The van der Waals surface area contributed by atoms with Crippen molar-refractivity contribution in [2.75, 3.05) is 32.7 Å². The predicted molar refractivity (Wildman–Crippen MR) is 140 cm³/mol.